The van der Waals surface area contributed by atoms with Gasteiger partial charge >= 0.3 is 6.03 Å². The fourth-order valence-corrected chi connectivity index (χ4v) is 5.52. The number of aryl methyl sites for hydroxylation is 1. The Kier molecular flexibility index (Phi) is 6.42. The number of benzene rings is 2. The molecule has 2 heterocycles. The van der Waals surface area contributed by atoms with Crippen molar-refractivity contribution in [2.45, 2.75) is 24.3 Å². The van der Waals surface area contributed by atoms with Gasteiger partial charge in [0.25, 0.3) is 5.91 Å². The summed E-state index contributed by atoms with van der Waals surface area (Å²) in [6.07, 6.45) is 0. The molecule has 0 saturated carbocycles. The van der Waals surface area contributed by atoms with Gasteiger partial charge in [-0.05, 0) is 49.2 Å². The van der Waals surface area contributed by atoms with Crippen LogP contribution in [-0.2, 0) is 25.1 Å². The predicted molar refractivity (Wildman–Crippen MR) is 120 cm³/mol. The lowest BCUT2D eigenvalue weighted by molar-refractivity contribution is -0.131. The third kappa shape index (κ3) is 4.46. The summed E-state index contributed by atoms with van der Waals surface area (Å²) in [7, 11) is -3.58. The number of carbonyl (C=O) groups is 2. The van der Waals surface area contributed by atoms with E-state index in [2.05, 4.69) is 5.32 Å². The number of morpholine rings is 1. The average Bonchev–Trinajstić information content (AvgIpc) is 3.04. The lowest BCUT2D eigenvalue weighted by Crippen LogP contribution is -2.41. The van der Waals surface area contributed by atoms with Crippen molar-refractivity contribution in [2.75, 3.05) is 39.5 Å². The maximum Gasteiger partial charge on any atom is 0.325 e. The quantitative estimate of drug-likeness (QED) is 0.616. The van der Waals surface area contributed by atoms with E-state index in [1.54, 1.807) is 19.1 Å². The summed E-state index contributed by atoms with van der Waals surface area (Å²) in [6.45, 7) is 5.16. The molecule has 2 aliphatic heterocycles. The van der Waals surface area contributed by atoms with Crippen molar-refractivity contribution >= 4 is 22.0 Å². The van der Waals surface area contributed by atoms with Crippen LogP contribution >= 0.6 is 0 Å². The molecule has 33 heavy (non-hydrogen) atoms. The summed E-state index contributed by atoms with van der Waals surface area (Å²) in [6, 6.07) is 13.1. The van der Waals surface area contributed by atoms with Gasteiger partial charge in [0.15, 0.2) is 0 Å². The predicted octanol–water partition coefficient (Wildman–Crippen LogP) is 1.86. The SMILES string of the molecule is Cc1ccccc1C1(C)NC(=O)N(CCOc2ccc(S(=O)(=O)N3CCOCC3)cc2)C1=O. The third-order valence-electron chi connectivity index (χ3n) is 5.97. The molecule has 0 aliphatic carbocycles. The minimum Gasteiger partial charge on any atom is -0.492 e. The van der Waals surface area contributed by atoms with Crippen LogP contribution in [-0.4, -0.2) is 69.0 Å². The van der Waals surface area contributed by atoms with Crippen LogP contribution in [0.4, 0.5) is 4.79 Å². The minimum atomic E-state index is -3.58. The number of carbonyl (C=O) groups excluding carboxylic acids is 2. The van der Waals surface area contributed by atoms with E-state index >= 15 is 0 Å². The van der Waals surface area contributed by atoms with E-state index < -0.39 is 21.6 Å². The number of hydrogen-bond acceptors (Lipinski definition) is 6. The second-order valence-corrected chi connectivity index (χ2v) is 10.1. The fourth-order valence-electron chi connectivity index (χ4n) is 4.12. The zero-order chi connectivity index (χ0) is 23.6. The largest absolute Gasteiger partial charge is 0.492 e. The molecule has 10 heteroatoms. The first-order chi connectivity index (χ1) is 15.7. The molecule has 0 bridgehead atoms. The number of urea groups is 1. The lowest BCUT2D eigenvalue weighted by Gasteiger charge is -2.26. The van der Waals surface area contributed by atoms with Crippen LogP contribution in [0.15, 0.2) is 53.4 Å². The normalized spacial score (nSPS) is 21.8. The number of sulfonamides is 1. The summed E-state index contributed by atoms with van der Waals surface area (Å²) in [5, 5.41) is 2.79. The van der Waals surface area contributed by atoms with Crippen molar-refractivity contribution < 1.29 is 27.5 Å². The number of nitrogens with zero attached hydrogens (tertiary/aromatic N) is 2. The van der Waals surface area contributed by atoms with Crippen LogP contribution in [0.3, 0.4) is 0 Å². The van der Waals surface area contributed by atoms with E-state index in [0.717, 1.165) is 16.0 Å². The van der Waals surface area contributed by atoms with Crippen molar-refractivity contribution in [2.24, 2.45) is 0 Å². The van der Waals surface area contributed by atoms with Gasteiger partial charge in [-0.15, -0.1) is 0 Å². The van der Waals surface area contributed by atoms with Gasteiger partial charge < -0.3 is 14.8 Å². The maximum atomic E-state index is 13.0. The van der Waals surface area contributed by atoms with Gasteiger partial charge in [0.05, 0.1) is 24.7 Å². The molecule has 176 valence electrons. The van der Waals surface area contributed by atoms with E-state index in [4.69, 9.17) is 9.47 Å². The second kappa shape index (κ2) is 9.12. The molecule has 4 rings (SSSR count). The van der Waals surface area contributed by atoms with Crippen LogP contribution in [0, 0.1) is 6.92 Å². The molecule has 1 atom stereocenters. The van der Waals surface area contributed by atoms with Gasteiger partial charge in [-0.25, -0.2) is 13.2 Å². The number of ether oxygens (including phenoxy) is 2. The first-order valence-corrected chi connectivity index (χ1v) is 12.2. The Morgan fingerprint density at radius 3 is 2.39 bits per heavy atom. The molecule has 2 aromatic carbocycles. The topological polar surface area (TPSA) is 105 Å². The Hall–Kier alpha value is -2.95. The molecule has 2 aromatic rings. The van der Waals surface area contributed by atoms with Gasteiger partial charge in [0.2, 0.25) is 10.0 Å². The Labute approximate surface area is 193 Å². The van der Waals surface area contributed by atoms with Crippen LogP contribution in [0.5, 0.6) is 5.75 Å². The zero-order valence-corrected chi connectivity index (χ0v) is 19.4. The van der Waals surface area contributed by atoms with E-state index in [0.29, 0.717) is 32.1 Å². The molecule has 0 aromatic heterocycles. The molecule has 2 fully saturated rings. The Morgan fingerprint density at radius 2 is 1.73 bits per heavy atom. The molecule has 2 aliphatic rings. The van der Waals surface area contributed by atoms with Crippen molar-refractivity contribution in [3.63, 3.8) is 0 Å². The fraction of sp³-hybridized carbons (Fsp3) is 0.391. The smallest absolute Gasteiger partial charge is 0.325 e. The molecule has 9 nitrogen and oxygen atoms in total. The highest BCUT2D eigenvalue weighted by molar-refractivity contribution is 7.89. The minimum absolute atomic E-state index is 0.0694. The summed E-state index contributed by atoms with van der Waals surface area (Å²) in [4.78, 5) is 26.9. The van der Waals surface area contributed by atoms with E-state index in [1.165, 1.54) is 16.4 Å². The summed E-state index contributed by atoms with van der Waals surface area (Å²) in [5.41, 5.74) is 0.542. The number of amides is 3. The standard InChI is InChI=1S/C23H27N3O6S/c1-17-5-3-4-6-20(17)23(2)21(27)26(22(28)24-23)13-16-32-18-7-9-19(10-8-18)33(29,30)25-11-14-31-15-12-25/h3-10H,11-16H2,1-2H3,(H,24,28). The van der Waals surface area contributed by atoms with Crippen LogP contribution < -0.4 is 10.1 Å². The number of nitrogens with one attached hydrogen (secondary N) is 1. The summed E-state index contributed by atoms with van der Waals surface area (Å²) >= 11 is 0. The Bertz CT molecular complexity index is 1150. The van der Waals surface area contributed by atoms with Crippen LogP contribution in [0.1, 0.15) is 18.1 Å². The Morgan fingerprint density at radius 1 is 1.06 bits per heavy atom. The molecule has 3 amide bonds. The highest BCUT2D eigenvalue weighted by Crippen LogP contribution is 2.30. The summed E-state index contributed by atoms with van der Waals surface area (Å²) < 4.78 is 37.7. The molecule has 1 N–H and O–H groups in total. The third-order valence-corrected chi connectivity index (χ3v) is 7.89. The van der Waals surface area contributed by atoms with E-state index in [-0.39, 0.29) is 24.0 Å². The maximum absolute atomic E-state index is 13.0. The van der Waals surface area contributed by atoms with Crippen molar-refractivity contribution in [1.82, 2.24) is 14.5 Å². The van der Waals surface area contributed by atoms with Gasteiger partial charge in [0, 0.05) is 13.1 Å². The Balaban J connectivity index is 1.37. The molecule has 0 spiro atoms. The van der Waals surface area contributed by atoms with Gasteiger partial charge in [-0.1, -0.05) is 24.3 Å². The highest BCUT2D eigenvalue weighted by atomic mass is 32.2. The second-order valence-electron chi connectivity index (χ2n) is 8.16. The molecule has 0 radical (unpaired) electrons. The van der Waals surface area contributed by atoms with Crippen LogP contribution in [0.2, 0.25) is 0 Å². The molecular weight excluding hydrogens is 446 g/mol. The van der Waals surface area contributed by atoms with Crippen molar-refractivity contribution in [1.29, 1.82) is 0 Å². The first-order valence-electron chi connectivity index (χ1n) is 10.7. The highest BCUT2D eigenvalue weighted by Gasteiger charge is 2.49. The molecule has 1 unspecified atom stereocenters. The van der Waals surface area contributed by atoms with Crippen LogP contribution in [0.25, 0.3) is 0 Å². The van der Waals surface area contributed by atoms with Gasteiger partial charge in [-0.2, -0.15) is 4.31 Å². The number of rotatable bonds is 7. The zero-order valence-electron chi connectivity index (χ0n) is 18.6. The summed E-state index contributed by atoms with van der Waals surface area (Å²) in [5.74, 6) is 0.113. The molecule has 2 saturated heterocycles. The van der Waals surface area contributed by atoms with E-state index in [9.17, 15) is 18.0 Å². The monoisotopic (exact) mass is 473 g/mol. The van der Waals surface area contributed by atoms with E-state index in [1.807, 2.05) is 31.2 Å². The van der Waals surface area contributed by atoms with Gasteiger partial charge in [-0.3, -0.25) is 9.69 Å². The number of hydrogen-bond donors (Lipinski definition) is 1. The number of imide groups is 1. The van der Waals surface area contributed by atoms with Crippen molar-refractivity contribution in [3.05, 3.63) is 59.7 Å². The first kappa shape index (κ1) is 23.2. The lowest BCUT2D eigenvalue weighted by atomic mass is 9.88. The average molecular weight is 474 g/mol. The van der Waals surface area contributed by atoms with Gasteiger partial charge in [0.1, 0.15) is 17.9 Å². The molecular formula is C23H27N3O6S. The van der Waals surface area contributed by atoms with Crippen molar-refractivity contribution in [3.8, 4) is 5.75 Å².